The number of rotatable bonds is 4. The van der Waals surface area contributed by atoms with Crippen LogP contribution in [0.4, 0.5) is 25.8 Å². The highest BCUT2D eigenvalue weighted by Gasteiger charge is 2.10. The van der Waals surface area contributed by atoms with Crippen LogP contribution in [-0.4, -0.2) is 15.9 Å². The van der Waals surface area contributed by atoms with E-state index in [0.29, 0.717) is 17.4 Å². The fourth-order valence-electron chi connectivity index (χ4n) is 2.85. The lowest BCUT2D eigenvalue weighted by molar-refractivity contribution is 0.102. The molecule has 1 amide bonds. The third-order valence-electron chi connectivity index (χ3n) is 4.18. The zero-order chi connectivity index (χ0) is 20.4. The lowest BCUT2D eigenvalue weighted by Gasteiger charge is -2.10. The third-order valence-corrected chi connectivity index (χ3v) is 4.18. The first-order valence-electron chi connectivity index (χ1n) is 8.60. The average Bonchev–Trinajstić information content (AvgIpc) is 2.68. The average molecular weight is 392 g/mol. The molecule has 0 bridgehead atoms. The SMILES string of the molecule is O=C(Nc1ccc(Nc2ccnc3[nH]c(=O)ccc23)cc1)c1cc(F)cc(F)c1. The molecule has 0 fully saturated rings. The van der Waals surface area contributed by atoms with Gasteiger partial charge in [-0.3, -0.25) is 9.59 Å². The highest BCUT2D eigenvalue weighted by Crippen LogP contribution is 2.24. The number of pyridine rings is 2. The van der Waals surface area contributed by atoms with Gasteiger partial charge in [0.05, 0.1) is 5.69 Å². The number of amides is 1. The van der Waals surface area contributed by atoms with Crippen LogP contribution in [-0.2, 0) is 0 Å². The number of benzene rings is 2. The standard InChI is InChI=1S/C21H14F2N4O2/c22-13-9-12(10-14(23)11-13)21(29)26-16-3-1-15(2-4-16)25-18-7-8-24-20-17(18)5-6-19(28)27-20/h1-11H,(H,26,29)(H2,24,25,27,28). The van der Waals surface area contributed by atoms with Crippen molar-refractivity contribution in [2.75, 3.05) is 10.6 Å². The Hall–Kier alpha value is -4.07. The lowest BCUT2D eigenvalue weighted by Crippen LogP contribution is -2.12. The molecule has 0 unspecified atom stereocenters. The molecule has 0 saturated heterocycles. The summed E-state index contributed by atoms with van der Waals surface area (Å²) in [6.07, 6.45) is 1.58. The minimum Gasteiger partial charge on any atom is -0.355 e. The van der Waals surface area contributed by atoms with Crippen LogP contribution in [0.2, 0.25) is 0 Å². The van der Waals surface area contributed by atoms with E-state index in [4.69, 9.17) is 0 Å². The minimum atomic E-state index is -0.819. The molecule has 2 aromatic heterocycles. The number of hydrogen-bond acceptors (Lipinski definition) is 4. The predicted octanol–water partition coefficient (Wildman–Crippen LogP) is 4.20. The van der Waals surface area contributed by atoms with Gasteiger partial charge in [0.25, 0.3) is 5.91 Å². The maximum atomic E-state index is 13.3. The number of halogens is 2. The largest absolute Gasteiger partial charge is 0.355 e. The zero-order valence-electron chi connectivity index (χ0n) is 14.9. The van der Waals surface area contributed by atoms with Gasteiger partial charge in [0.1, 0.15) is 17.3 Å². The number of hydrogen-bond donors (Lipinski definition) is 3. The molecule has 29 heavy (non-hydrogen) atoms. The van der Waals surface area contributed by atoms with E-state index in [9.17, 15) is 18.4 Å². The topological polar surface area (TPSA) is 86.9 Å². The summed E-state index contributed by atoms with van der Waals surface area (Å²) in [6, 6.07) is 14.3. The number of fused-ring (bicyclic) bond motifs is 1. The second-order valence-electron chi connectivity index (χ2n) is 6.26. The molecule has 0 saturated carbocycles. The Labute approximate surface area is 163 Å². The van der Waals surface area contributed by atoms with Crippen LogP contribution in [0.25, 0.3) is 11.0 Å². The van der Waals surface area contributed by atoms with Gasteiger partial charge in [0.15, 0.2) is 0 Å². The summed E-state index contributed by atoms with van der Waals surface area (Å²) < 4.78 is 26.5. The fourth-order valence-corrected chi connectivity index (χ4v) is 2.85. The molecular weight excluding hydrogens is 378 g/mol. The van der Waals surface area contributed by atoms with E-state index in [2.05, 4.69) is 20.6 Å². The van der Waals surface area contributed by atoms with Crippen LogP contribution in [0.3, 0.4) is 0 Å². The Bertz CT molecular complexity index is 1250. The Balaban J connectivity index is 1.51. The Morgan fingerprint density at radius 2 is 1.59 bits per heavy atom. The number of nitrogens with one attached hydrogen (secondary N) is 3. The van der Waals surface area contributed by atoms with Gasteiger partial charge in [-0.25, -0.2) is 13.8 Å². The molecule has 4 rings (SSSR count). The molecule has 0 aliphatic carbocycles. The number of aromatic nitrogens is 2. The minimum absolute atomic E-state index is 0.109. The molecule has 0 atom stereocenters. The van der Waals surface area contributed by atoms with Crippen molar-refractivity contribution in [1.29, 1.82) is 0 Å². The highest BCUT2D eigenvalue weighted by atomic mass is 19.1. The van der Waals surface area contributed by atoms with Crippen molar-refractivity contribution in [1.82, 2.24) is 9.97 Å². The van der Waals surface area contributed by atoms with Crippen LogP contribution in [0.15, 0.2) is 71.7 Å². The monoisotopic (exact) mass is 392 g/mol. The number of nitrogens with zero attached hydrogens (tertiary/aromatic N) is 1. The van der Waals surface area contributed by atoms with Gasteiger partial charge < -0.3 is 15.6 Å². The quantitative estimate of drug-likeness (QED) is 0.486. The van der Waals surface area contributed by atoms with Crippen LogP contribution in [0.1, 0.15) is 10.4 Å². The Kier molecular flexibility index (Phi) is 4.74. The molecule has 8 heteroatoms. The van der Waals surface area contributed by atoms with Crippen LogP contribution < -0.4 is 16.2 Å². The van der Waals surface area contributed by atoms with E-state index in [-0.39, 0.29) is 11.1 Å². The molecule has 0 spiro atoms. The number of H-pyrrole nitrogens is 1. The lowest BCUT2D eigenvalue weighted by atomic mass is 10.2. The van der Waals surface area contributed by atoms with Crippen molar-refractivity contribution in [2.24, 2.45) is 0 Å². The molecule has 6 nitrogen and oxygen atoms in total. The van der Waals surface area contributed by atoms with E-state index >= 15 is 0 Å². The van der Waals surface area contributed by atoms with Crippen LogP contribution >= 0.6 is 0 Å². The smallest absolute Gasteiger partial charge is 0.255 e. The molecule has 0 aliphatic heterocycles. The predicted molar refractivity (Wildman–Crippen MR) is 106 cm³/mol. The van der Waals surface area contributed by atoms with E-state index < -0.39 is 17.5 Å². The number of anilines is 3. The summed E-state index contributed by atoms with van der Waals surface area (Å²) in [7, 11) is 0. The molecule has 3 N–H and O–H groups in total. The maximum Gasteiger partial charge on any atom is 0.255 e. The van der Waals surface area contributed by atoms with E-state index in [0.717, 1.165) is 28.9 Å². The van der Waals surface area contributed by atoms with Crippen molar-refractivity contribution in [3.63, 3.8) is 0 Å². The molecule has 144 valence electrons. The van der Waals surface area contributed by atoms with Gasteiger partial charge in [-0.15, -0.1) is 0 Å². The fraction of sp³-hybridized carbons (Fsp3) is 0. The van der Waals surface area contributed by atoms with Gasteiger partial charge >= 0.3 is 0 Å². The Morgan fingerprint density at radius 3 is 2.31 bits per heavy atom. The van der Waals surface area contributed by atoms with Crippen molar-refractivity contribution >= 4 is 34.0 Å². The van der Waals surface area contributed by atoms with Crippen LogP contribution in [0.5, 0.6) is 0 Å². The van der Waals surface area contributed by atoms with E-state index in [1.807, 2.05) is 0 Å². The summed E-state index contributed by atoms with van der Waals surface area (Å²) in [4.78, 5) is 30.4. The van der Waals surface area contributed by atoms with Gasteiger partial charge in [0.2, 0.25) is 5.56 Å². The summed E-state index contributed by atoms with van der Waals surface area (Å²) in [5, 5.41) is 6.56. The highest BCUT2D eigenvalue weighted by molar-refractivity contribution is 6.04. The van der Waals surface area contributed by atoms with Gasteiger partial charge in [-0.05, 0) is 48.5 Å². The first kappa shape index (κ1) is 18.3. The van der Waals surface area contributed by atoms with E-state index in [1.165, 1.54) is 6.07 Å². The number of aromatic amines is 1. The second-order valence-corrected chi connectivity index (χ2v) is 6.26. The maximum absolute atomic E-state index is 13.3. The summed E-state index contributed by atoms with van der Waals surface area (Å²) >= 11 is 0. The van der Waals surface area contributed by atoms with Gasteiger partial charge in [-0.1, -0.05) is 0 Å². The van der Waals surface area contributed by atoms with Crippen molar-refractivity contribution in [3.8, 4) is 0 Å². The molecule has 4 aromatic rings. The second kappa shape index (κ2) is 7.51. The summed E-state index contributed by atoms with van der Waals surface area (Å²) in [5.74, 6) is -2.26. The molecule has 2 aromatic carbocycles. The first-order valence-corrected chi connectivity index (χ1v) is 8.60. The zero-order valence-corrected chi connectivity index (χ0v) is 14.9. The summed E-state index contributed by atoms with van der Waals surface area (Å²) in [5.41, 5.74) is 2.07. The normalized spacial score (nSPS) is 10.7. The number of carbonyl (C=O) groups excluding carboxylic acids is 1. The van der Waals surface area contributed by atoms with E-state index in [1.54, 1.807) is 42.6 Å². The molecule has 2 heterocycles. The van der Waals surface area contributed by atoms with Gasteiger partial charge in [-0.2, -0.15) is 0 Å². The number of carbonyl (C=O) groups is 1. The third kappa shape index (κ3) is 4.11. The first-order chi connectivity index (χ1) is 14.0. The molecule has 0 radical (unpaired) electrons. The molecule has 0 aliphatic rings. The molecular formula is C21H14F2N4O2. The van der Waals surface area contributed by atoms with Crippen molar-refractivity contribution in [3.05, 3.63) is 94.4 Å². The van der Waals surface area contributed by atoms with Crippen molar-refractivity contribution < 1.29 is 13.6 Å². The van der Waals surface area contributed by atoms with Gasteiger partial charge in [0, 0.05) is 40.7 Å². The van der Waals surface area contributed by atoms with Crippen LogP contribution in [0, 0.1) is 11.6 Å². The van der Waals surface area contributed by atoms with Crippen molar-refractivity contribution in [2.45, 2.75) is 0 Å². The summed E-state index contributed by atoms with van der Waals surface area (Å²) in [6.45, 7) is 0. The Morgan fingerprint density at radius 1 is 0.897 bits per heavy atom.